The van der Waals surface area contributed by atoms with E-state index in [0.29, 0.717) is 23.4 Å². The lowest BCUT2D eigenvalue weighted by Gasteiger charge is -2.16. The largest absolute Gasteiger partial charge is 0.467 e. The van der Waals surface area contributed by atoms with Gasteiger partial charge in [-0.2, -0.15) is 0 Å². The third-order valence-electron chi connectivity index (χ3n) is 3.66. The third-order valence-corrected chi connectivity index (χ3v) is 3.66. The normalized spacial score (nSPS) is 13.5. The minimum absolute atomic E-state index is 0.242. The van der Waals surface area contributed by atoms with Crippen LogP contribution in [0.1, 0.15) is 36.8 Å². The number of fused-ring (bicyclic) bond motifs is 1. The minimum Gasteiger partial charge on any atom is -0.467 e. The van der Waals surface area contributed by atoms with Crippen LogP contribution >= 0.6 is 0 Å². The van der Waals surface area contributed by atoms with Crippen LogP contribution in [0.25, 0.3) is 0 Å². The fourth-order valence-electron chi connectivity index (χ4n) is 2.42. The number of amides is 3. The van der Waals surface area contributed by atoms with Gasteiger partial charge in [-0.3, -0.25) is 19.3 Å². The van der Waals surface area contributed by atoms with Gasteiger partial charge in [0.2, 0.25) is 0 Å². The van der Waals surface area contributed by atoms with Gasteiger partial charge < -0.3 is 9.32 Å². The van der Waals surface area contributed by atoms with Crippen molar-refractivity contribution < 1.29 is 18.8 Å². The van der Waals surface area contributed by atoms with Crippen LogP contribution in [0.15, 0.2) is 41.0 Å². The maximum Gasteiger partial charge on any atom is 0.261 e. The molecule has 22 heavy (non-hydrogen) atoms. The molecule has 0 unspecified atom stereocenters. The van der Waals surface area contributed by atoms with Crippen molar-refractivity contribution >= 4 is 17.7 Å². The van der Waals surface area contributed by atoms with E-state index in [2.05, 4.69) is 0 Å². The fraction of sp³-hybridized carbons (Fsp3) is 0.188. The average molecular weight is 298 g/mol. The summed E-state index contributed by atoms with van der Waals surface area (Å²) in [6, 6.07) is 8.09. The molecule has 1 aliphatic heterocycles. The molecule has 3 amide bonds. The molecule has 2 heterocycles. The molecular formula is C16H14N2O4. The molecule has 0 atom stereocenters. The van der Waals surface area contributed by atoms with Gasteiger partial charge in [0, 0.05) is 19.7 Å². The number of hydrogen-bond donors (Lipinski definition) is 0. The van der Waals surface area contributed by atoms with Gasteiger partial charge in [0.05, 0.1) is 23.9 Å². The Morgan fingerprint density at radius 1 is 1.18 bits per heavy atom. The second kappa shape index (κ2) is 5.14. The van der Waals surface area contributed by atoms with Crippen molar-refractivity contribution in [1.82, 2.24) is 9.80 Å². The average Bonchev–Trinajstić information content (AvgIpc) is 3.10. The van der Waals surface area contributed by atoms with Gasteiger partial charge >= 0.3 is 0 Å². The Labute approximate surface area is 126 Å². The van der Waals surface area contributed by atoms with Crippen LogP contribution in [0.4, 0.5) is 0 Å². The van der Waals surface area contributed by atoms with Crippen molar-refractivity contribution in [2.24, 2.45) is 0 Å². The summed E-state index contributed by atoms with van der Waals surface area (Å²) in [4.78, 5) is 38.8. The Hall–Kier alpha value is -2.89. The molecule has 0 aliphatic carbocycles. The molecule has 0 radical (unpaired) electrons. The first-order valence-corrected chi connectivity index (χ1v) is 6.73. The predicted molar refractivity (Wildman–Crippen MR) is 77.4 cm³/mol. The molecule has 0 N–H and O–H groups in total. The van der Waals surface area contributed by atoms with Gasteiger partial charge in [0.15, 0.2) is 0 Å². The van der Waals surface area contributed by atoms with Crippen molar-refractivity contribution in [3.63, 3.8) is 0 Å². The summed E-state index contributed by atoms with van der Waals surface area (Å²) >= 11 is 0. The number of nitrogens with zero attached hydrogens (tertiary/aromatic N) is 2. The van der Waals surface area contributed by atoms with Gasteiger partial charge in [-0.25, -0.2) is 0 Å². The SMILES string of the molecule is CN(Cc1ccco1)C(=O)c1ccc2c(c1)C(=O)N(C)C2=O. The molecule has 0 saturated heterocycles. The van der Waals surface area contributed by atoms with Crippen molar-refractivity contribution in [2.75, 3.05) is 14.1 Å². The maximum atomic E-state index is 12.4. The molecule has 112 valence electrons. The van der Waals surface area contributed by atoms with Crippen LogP contribution in [0.2, 0.25) is 0 Å². The Kier molecular flexibility index (Phi) is 3.29. The highest BCUT2D eigenvalue weighted by atomic mass is 16.3. The van der Waals surface area contributed by atoms with Gasteiger partial charge in [-0.15, -0.1) is 0 Å². The lowest BCUT2D eigenvalue weighted by molar-refractivity contribution is 0.0692. The van der Waals surface area contributed by atoms with Gasteiger partial charge in [0.1, 0.15) is 5.76 Å². The summed E-state index contributed by atoms with van der Waals surface area (Å²) in [5.74, 6) is -0.303. The lowest BCUT2D eigenvalue weighted by atomic mass is 10.0. The van der Waals surface area contributed by atoms with Crippen LogP contribution < -0.4 is 0 Å². The molecule has 0 spiro atoms. The lowest BCUT2D eigenvalue weighted by Crippen LogP contribution is -2.26. The summed E-state index contributed by atoms with van der Waals surface area (Å²) in [5.41, 5.74) is 0.965. The summed E-state index contributed by atoms with van der Waals surface area (Å²) in [7, 11) is 3.08. The van der Waals surface area contributed by atoms with E-state index in [1.807, 2.05) is 0 Å². The van der Waals surface area contributed by atoms with Crippen LogP contribution in [-0.4, -0.2) is 41.6 Å². The number of imide groups is 1. The van der Waals surface area contributed by atoms with Crippen molar-refractivity contribution in [2.45, 2.75) is 6.54 Å². The molecule has 6 heteroatoms. The number of hydrogen-bond acceptors (Lipinski definition) is 4. The molecule has 0 fully saturated rings. The maximum absolute atomic E-state index is 12.4. The quantitative estimate of drug-likeness (QED) is 0.810. The second-order valence-electron chi connectivity index (χ2n) is 5.17. The smallest absolute Gasteiger partial charge is 0.261 e. The number of rotatable bonds is 3. The molecule has 2 aromatic rings. The zero-order valence-corrected chi connectivity index (χ0v) is 12.2. The fourth-order valence-corrected chi connectivity index (χ4v) is 2.42. The van der Waals surface area contributed by atoms with E-state index in [1.54, 1.807) is 31.5 Å². The number of furan rings is 1. The Bertz CT molecular complexity index is 764. The molecule has 1 aliphatic rings. The Morgan fingerprint density at radius 3 is 2.59 bits per heavy atom. The molecule has 3 rings (SSSR count). The minimum atomic E-state index is -0.386. The van der Waals surface area contributed by atoms with Crippen LogP contribution in [-0.2, 0) is 6.54 Å². The zero-order valence-electron chi connectivity index (χ0n) is 12.2. The first kappa shape index (κ1) is 14.1. The summed E-state index contributed by atoms with van der Waals surface area (Å²) in [6.45, 7) is 0.329. The first-order valence-electron chi connectivity index (χ1n) is 6.73. The number of carbonyl (C=O) groups excluding carboxylic acids is 3. The Balaban J connectivity index is 1.86. The van der Waals surface area contributed by atoms with Crippen LogP contribution in [0.5, 0.6) is 0 Å². The molecule has 0 bridgehead atoms. The van der Waals surface area contributed by atoms with E-state index in [1.165, 1.54) is 24.1 Å². The van der Waals surface area contributed by atoms with E-state index in [-0.39, 0.29) is 23.3 Å². The molecular weight excluding hydrogens is 284 g/mol. The van der Waals surface area contributed by atoms with Crippen LogP contribution in [0.3, 0.4) is 0 Å². The van der Waals surface area contributed by atoms with E-state index in [9.17, 15) is 14.4 Å². The highest BCUT2D eigenvalue weighted by Gasteiger charge is 2.33. The van der Waals surface area contributed by atoms with Gasteiger partial charge in [-0.1, -0.05) is 0 Å². The van der Waals surface area contributed by atoms with Gasteiger partial charge in [0.25, 0.3) is 17.7 Å². The molecule has 1 aromatic heterocycles. The topological polar surface area (TPSA) is 70.8 Å². The highest BCUT2D eigenvalue weighted by molar-refractivity contribution is 6.21. The standard InChI is InChI=1S/C16H14N2O4/c1-17(9-11-4-3-7-22-11)14(19)10-5-6-12-13(8-10)16(21)18(2)15(12)20/h3-8H,9H2,1-2H3. The molecule has 1 aromatic carbocycles. The van der Waals surface area contributed by atoms with Gasteiger partial charge in [-0.05, 0) is 30.3 Å². The second-order valence-corrected chi connectivity index (χ2v) is 5.17. The molecule has 6 nitrogen and oxygen atoms in total. The van der Waals surface area contributed by atoms with E-state index in [4.69, 9.17) is 4.42 Å². The molecule has 0 saturated carbocycles. The number of carbonyl (C=O) groups is 3. The highest BCUT2D eigenvalue weighted by Crippen LogP contribution is 2.23. The Morgan fingerprint density at radius 2 is 1.91 bits per heavy atom. The predicted octanol–water partition coefficient (Wildman–Crippen LogP) is 1.78. The first-order chi connectivity index (χ1) is 10.5. The van der Waals surface area contributed by atoms with Crippen LogP contribution in [0, 0.1) is 0 Å². The number of benzene rings is 1. The van der Waals surface area contributed by atoms with Crippen molar-refractivity contribution in [3.8, 4) is 0 Å². The monoisotopic (exact) mass is 298 g/mol. The third kappa shape index (κ3) is 2.18. The zero-order chi connectivity index (χ0) is 15.9. The summed E-state index contributed by atoms with van der Waals surface area (Å²) in [6.07, 6.45) is 1.54. The summed E-state index contributed by atoms with van der Waals surface area (Å²) in [5, 5.41) is 0. The van der Waals surface area contributed by atoms with E-state index < -0.39 is 0 Å². The summed E-state index contributed by atoms with van der Waals surface area (Å²) < 4.78 is 5.21. The van der Waals surface area contributed by atoms with E-state index >= 15 is 0 Å². The van der Waals surface area contributed by atoms with Crippen molar-refractivity contribution in [3.05, 3.63) is 59.0 Å². The van der Waals surface area contributed by atoms with E-state index in [0.717, 1.165) is 4.90 Å². The van der Waals surface area contributed by atoms with Crippen molar-refractivity contribution in [1.29, 1.82) is 0 Å².